The molecule has 0 radical (unpaired) electrons. The van der Waals surface area contributed by atoms with Gasteiger partial charge in [-0.3, -0.25) is 4.79 Å². The molecule has 1 saturated carbocycles. The lowest BCUT2D eigenvalue weighted by Crippen LogP contribution is -2.37. The molecule has 23 heavy (non-hydrogen) atoms. The minimum absolute atomic E-state index is 0.0574. The maximum Gasteiger partial charge on any atom is 0.407 e. The molecule has 0 unspecified atom stereocenters. The third kappa shape index (κ3) is 8.94. The third-order valence-corrected chi connectivity index (χ3v) is 4.26. The molecule has 5 heteroatoms. The molecule has 0 aromatic rings. The van der Waals surface area contributed by atoms with E-state index in [1.165, 1.54) is 0 Å². The summed E-state index contributed by atoms with van der Waals surface area (Å²) in [5.41, 5.74) is -0.499. The Labute approximate surface area is 140 Å². The van der Waals surface area contributed by atoms with E-state index in [9.17, 15) is 9.59 Å². The highest BCUT2D eigenvalue weighted by atomic mass is 16.6. The van der Waals surface area contributed by atoms with Gasteiger partial charge in [-0.25, -0.2) is 4.79 Å². The van der Waals surface area contributed by atoms with E-state index >= 15 is 0 Å². The standard InChI is InChI=1S/C18H33NO4/c1-13(19-17(21)23-18(2,3)4)6-9-15(20)12-14-7-10-16(22-5)11-8-14/h13-14,16H,6-12H2,1-5H3,(H,19,21)/t13-,14?,16?/m0/s1. The molecule has 1 N–H and O–H groups in total. The molecule has 1 rings (SSSR count). The minimum atomic E-state index is -0.499. The van der Waals surface area contributed by atoms with Crippen LogP contribution >= 0.6 is 0 Å². The summed E-state index contributed by atoms with van der Waals surface area (Å²) in [6.07, 6.45) is 6.07. The number of rotatable bonds is 7. The van der Waals surface area contributed by atoms with Crippen molar-refractivity contribution < 1.29 is 19.1 Å². The maximum absolute atomic E-state index is 12.1. The van der Waals surface area contributed by atoms with E-state index in [-0.39, 0.29) is 6.04 Å². The molecule has 1 amide bonds. The Kier molecular flexibility index (Phi) is 8.03. The maximum atomic E-state index is 12.1. The van der Waals surface area contributed by atoms with E-state index in [4.69, 9.17) is 9.47 Å². The van der Waals surface area contributed by atoms with Gasteiger partial charge >= 0.3 is 6.09 Å². The van der Waals surface area contributed by atoms with Crippen molar-refractivity contribution in [2.75, 3.05) is 7.11 Å². The largest absolute Gasteiger partial charge is 0.444 e. The van der Waals surface area contributed by atoms with E-state index in [0.717, 1.165) is 25.7 Å². The first-order valence-electron chi connectivity index (χ1n) is 8.73. The Morgan fingerprint density at radius 1 is 1.17 bits per heavy atom. The molecule has 0 aliphatic heterocycles. The lowest BCUT2D eigenvalue weighted by molar-refractivity contribution is -0.120. The fourth-order valence-electron chi connectivity index (χ4n) is 2.95. The van der Waals surface area contributed by atoms with Gasteiger partial charge in [0.1, 0.15) is 11.4 Å². The van der Waals surface area contributed by atoms with Crippen LogP contribution in [-0.4, -0.2) is 36.7 Å². The quantitative estimate of drug-likeness (QED) is 0.771. The second-order valence-electron chi connectivity index (χ2n) is 7.71. The summed E-state index contributed by atoms with van der Waals surface area (Å²) in [4.78, 5) is 23.8. The van der Waals surface area contributed by atoms with Gasteiger partial charge in [0, 0.05) is 26.0 Å². The molecule has 0 saturated heterocycles. The van der Waals surface area contributed by atoms with Crippen molar-refractivity contribution in [3.05, 3.63) is 0 Å². The molecule has 0 aromatic heterocycles. The van der Waals surface area contributed by atoms with Crippen LogP contribution in [0.4, 0.5) is 4.79 Å². The summed E-state index contributed by atoms with van der Waals surface area (Å²) in [6, 6.07) is -0.0574. The summed E-state index contributed by atoms with van der Waals surface area (Å²) < 4.78 is 10.6. The molecule has 0 bridgehead atoms. The number of ketones is 1. The second-order valence-corrected chi connectivity index (χ2v) is 7.71. The fourth-order valence-corrected chi connectivity index (χ4v) is 2.95. The number of ether oxygens (including phenoxy) is 2. The zero-order valence-electron chi connectivity index (χ0n) is 15.3. The molecule has 1 aliphatic rings. The van der Waals surface area contributed by atoms with Crippen molar-refractivity contribution in [1.82, 2.24) is 5.32 Å². The van der Waals surface area contributed by atoms with Crippen LogP contribution in [0.25, 0.3) is 0 Å². The molecule has 1 aliphatic carbocycles. The molecule has 0 aromatic carbocycles. The van der Waals surface area contributed by atoms with E-state index in [1.54, 1.807) is 7.11 Å². The highest BCUT2D eigenvalue weighted by Crippen LogP contribution is 2.28. The summed E-state index contributed by atoms with van der Waals surface area (Å²) in [5, 5.41) is 2.78. The van der Waals surface area contributed by atoms with Gasteiger partial charge in [-0.15, -0.1) is 0 Å². The molecule has 0 heterocycles. The van der Waals surface area contributed by atoms with E-state index < -0.39 is 11.7 Å². The van der Waals surface area contributed by atoms with Gasteiger partial charge in [0.15, 0.2) is 0 Å². The van der Waals surface area contributed by atoms with Crippen LogP contribution in [0.1, 0.15) is 72.6 Å². The topological polar surface area (TPSA) is 64.6 Å². The van der Waals surface area contributed by atoms with E-state index in [2.05, 4.69) is 5.32 Å². The predicted octanol–water partition coefficient (Wildman–Crippen LogP) is 3.84. The first-order chi connectivity index (χ1) is 10.7. The van der Waals surface area contributed by atoms with Crippen molar-refractivity contribution in [3.63, 3.8) is 0 Å². The first-order valence-corrected chi connectivity index (χ1v) is 8.73. The third-order valence-electron chi connectivity index (χ3n) is 4.26. The van der Waals surface area contributed by atoms with Gasteiger partial charge in [-0.1, -0.05) is 0 Å². The molecule has 1 atom stereocenters. The lowest BCUT2D eigenvalue weighted by Gasteiger charge is -2.27. The summed E-state index contributed by atoms with van der Waals surface area (Å²) >= 11 is 0. The van der Waals surface area contributed by atoms with Crippen LogP contribution in [-0.2, 0) is 14.3 Å². The number of methoxy groups -OCH3 is 1. The lowest BCUT2D eigenvalue weighted by atomic mass is 9.83. The number of Topliss-reactive ketones (excluding diaryl/α,β-unsaturated/α-hetero) is 1. The normalized spacial score (nSPS) is 23.2. The van der Waals surface area contributed by atoms with Crippen LogP contribution in [0.2, 0.25) is 0 Å². The average Bonchev–Trinajstić information content (AvgIpc) is 2.44. The molecular weight excluding hydrogens is 294 g/mol. The van der Waals surface area contributed by atoms with Crippen molar-refractivity contribution in [3.8, 4) is 0 Å². The van der Waals surface area contributed by atoms with Crippen LogP contribution in [0.15, 0.2) is 0 Å². The Balaban J connectivity index is 2.19. The number of carbonyl (C=O) groups is 2. The van der Waals surface area contributed by atoms with Gasteiger partial charge in [-0.05, 0) is 65.7 Å². The number of hydrogen-bond acceptors (Lipinski definition) is 4. The monoisotopic (exact) mass is 327 g/mol. The van der Waals surface area contributed by atoms with E-state index in [1.807, 2.05) is 27.7 Å². The second kappa shape index (κ2) is 9.26. The van der Waals surface area contributed by atoms with Crippen LogP contribution in [0.5, 0.6) is 0 Å². The Bertz CT molecular complexity index is 381. The smallest absolute Gasteiger partial charge is 0.407 e. The zero-order valence-corrected chi connectivity index (χ0v) is 15.3. The van der Waals surface area contributed by atoms with Crippen LogP contribution in [0, 0.1) is 5.92 Å². The number of nitrogens with one attached hydrogen (secondary N) is 1. The molecule has 134 valence electrons. The number of hydrogen-bond donors (Lipinski definition) is 1. The molecule has 1 fully saturated rings. The SMILES string of the molecule is COC1CCC(CC(=O)CC[C@H](C)NC(=O)OC(C)(C)C)CC1. The van der Waals surface area contributed by atoms with Gasteiger partial charge in [-0.2, -0.15) is 0 Å². The van der Waals surface area contributed by atoms with Gasteiger partial charge in [0.2, 0.25) is 0 Å². The Morgan fingerprint density at radius 2 is 1.78 bits per heavy atom. The minimum Gasteiger partial charge on any atom is -0.444 e. The van der Waals surface area contributed by atoms with Crippen molar-refractivity contribution in [2.45, 2.75) is 90.4 Å². The highest BCUT2D eigenvalue weighted by Gasteiger charge is 2.23. The first kappa shape index (κ1) is 19.9. The molecule has 5 nitrogen and oxygen atoms in total. The molecular formula is C18H33NO4. The number of amides is 1. The number of alkyl carbamates (subject to hydrolysis) is 1. The molecule has 0 spiro atoms. The van der Waals surface area contributed by atoms with Crippen molar-refractivity contribution >= 4 is 11.9 Å². The van der Waals surface area contributed by atoms with Crippen molar-refractivity contribution in [1.29, 1.82) is 0 Å². The summed E-state index contributed by atoms with van der Waals surface area (Å²) in [5.74, 6) is 0.798. The predicted molar refractivity (Wildman–Crippen MR) is 90.4 cm³/mol. The zero-order chi connectivity index (χ0) is 17.5. The van der Waals surface area contributed by atoms with E-state index in [0.29, 0.717) is 37.1 Å². The Morgan fingerprint density at radius 3 is 2.30 bits per heavy atom. The number of carbonyl (C=O) groups excluding carboxylic acids is 2. The van der Waals surface area contributed by atoms with Crippen LogP contribution < -0.4 is 5.32 Å². The Hall–Kier alpha value is -1.10. The fraction of sp³-hybridized carbons (Fsp3) is 0.889. The van der Waals surface area contributed by atoms with Gasteiger partial charge < -0.3 is 14.8 Å². The van der Waals surface area contributed by atoms with Crippen molar-refractivity contribution in [2.24, 2.45) is 5.92 Å². The average molecular weight is 327 g/mol. The van der Waals surface area contributed by atoms with Crippen LogP contribution in [0.3, 0.4) is 0 Å². The summed E-state index contributed by atoms with van der Waals surface area (Å²) in [7, 11) is 1.76. The van der Waals surface area contributed by atoms with Gasteiger partial charge in [0.25, 0.3) is 0 Å². The highest BCUT2D eigenvalue weighted by molar-refractivity contribution is 5.78. The summed E-state index contributed by atoms with van der Waals surface area (Å²) in [6.45, 7) is 7.40. The van der Waals surface area contributed by atoms with Gasteiger partial charge in [0.05, 0.1) is 6.10 Å².